The Morgan fingerprint density at radius 2 is 1.80 bits per heavy atom. The van der Waals surface area contributed by atoms with Crippen molar-refractivity contribution < 1.29 is 4.39 Å². The fraction of sp³-hybridized carbons (Fsp3) is 0.0667. The third kappa shape index (κ3) is 4.78. The van der Waals surface area contributed by atoms with Gasteiger partial charge in [-0.05, 0) is 35.5 Å². The van der Waals surface area contributed by atoms with Crippen LogP contribution in [0.4, 0.5) is 4.39 Å². The fourth-order valence-electron chi connectivity index (χ4n) is 1.53. The molecule has 0 saturated carbocycles. The molecule has 0 spiro atoms. The number of benzene rings is 2. The zero-order valence-electron chi connectivity index (χ0n) is 10.7. The van der Waals surface area contributed by atoms with Gasteiger partial charge in [-0.3, -0.25) is 5.43 Å². The van der Waals surface area contributed by atoms with Crippen LogP contribution in [-0.2, 0) is 6.54 Å². The lowest BCUT2D eigenvalue weighted by atomic mass is 10.2. The highest BCUT2D eigenvalue weighted by molar-refractivity contribution is 7.80. The van der Waals surface area contributed by atoms with Crippen LogP contribution in [0.15, 0.2) is 59.7 Å². The van der Waals surface area contributed by atoms with Crippen LogP contribution >= 0.6 is 12.2 Å². The van der Waals surface area contributed by atoms with E-state index in [0.29, 0.717) is 11.7 Å². The largest absolute Gasteiger partial charge is 0.357 e. The number of halogens is 1. The summed E-state index contributed by atoms with van der Waals surface area (Å²) in [5, 5.41) is 7.46. The molecule has 0 atom stereocenters. The van der Waals surface area contributed by atoms with Crippen LogP contribution in [0.1, 0.15) is 11.1 Å². The van der Waals surface area contributed by atoms with E-state index in [1.165, 1.54) is 12.1 Å². The maximum atomic E-state index is 12.7. The van der Waals surface area contributed by atoms with Gasteiger partial charge in [-0.15, -0.1) is 0 Å². The third-order valence-electron chi connectivity index (χ3n) is 2.55. The summed E-state index contributed by atoms with van der Waals surface area (Å²) in [7, 11) is 0. The topological polar surface area (TPSA) is 36.4 Å². The molecule has 2 aromatic rings. The second-order valence-corrected chi connectivity index (χ2v) is 4.50. The fourth-order valence-corrected chi connectivity index (χ4v) is 1.66. The Morgan fingerprint density at radius 3 is 2.50 bits per heavy atom. The van der Waals surface area contributed by atoms with Crippen LogP contribution < -0.4 is 10.7 Å². The molecule has 0 aromatic heterocycles. The molecule has 0 aliphatic carbocycles. The van der Waals surface area contributed by atoms with E-state index in [2.05, 4.69) is 15.8 Å². The molecule has 0 saturated heterocycles. The maximum absolute atomic E-state index is 12.7. The molecule has 2 N–H and O–H groups in total. The van der Waals surface area contributed by atoms with Crippen molar-refractivity contribution in [3.05, 3.63) is 71.5 Å². The Morgan fingerprint density at radius 1 is 1.10 bits per heavy atom. The average molecular weight is 287 g/mol. The number of nitrogens with one attached hydrogen (secondary N) is 2. The lowest BCUT2D eigenvalue weighted by molar-refractivity contribution is 0.628. The van der Waals surface area contributed by atoms with Gasteiger partial charge in [-0.2, -0.15) is 5.10 Å². The van der Waals surface area contributed by atoms with Gasteiger partial charge in [0.05, 0.1) is 6.21 Å². The highest BCUT2D eigenvalue weighted by atomic mass is 32.1. The Bertz CT molecular complexity index is 582. The third-order valence-corrected chi connectivity index (χ3v) is 2.78. The first-order valence-electron chi connectivity index (χ1n) is 6.10. The van der Waals surface area contributed by atoms with Crippen molar-refractivity contribution in [3.8, 4) is 0 Å². The molecule has 3 nitrogen and oxygen atoms in total. The van der Waals surface area contributed by atoms with Crippen LogP contribution in [0.25, 0.3) is 0 Å². The standard InChI is InChI=1S/C15H14FN3S/c16-14-8-6-13(7-9-14)11-18-19-15(20)17-10-12-4-2-1-3-5-12/h1-9,11H,10H2,(H2,17,19,20)/b18-11-. The van der Waals surface area contributed by atoms with Gasteiger partial charge in [0.15, 0.2) is 5.11 Å². The molecule has 5 heteroatoms. The summed E-state index contributed by atoms with van der Waals surface area (Å²) < 4.78 is 12.7. The SMILES string of the molecule is Fc1ccc(/C=N\NC(=S)NCc2ccccc2)cc1. The Labute approximate surface area is 122 Å². The summed E-state index contributed by atoms with van der Waals surface area (Å²) in [5.74, 6) is -0.268. The van der Waals surface area contributed by atoms with E-state index < -0.39 is 0 Å². The number of hydrazone groups is 1. The van der Waals surface area contributed by atoms with Gasteiger partial charge >= 0.3 is 0 Å². The predicted molar refractivity (Wildman–Crippen MR) is 83.0 cm³/mol. The first kappa shape index (κ1) is 14.1. The highest BCUT2D eigenvalue weighted by Gasteiger charge is 1.94. The van der Waals surface area contributed by atoms with E-state index in [1.807, 2.05) is 30.3 Å². The van der Waals surface area contributed by atoms with E-state index >= 15 is 0 Å². The minimum Gasteiger partial charge on any atom is -0.357 e. The van der Waals surface area contributed by atoms with Crippen molar-refractivity contribution in [3.63, 3.8) is 0 Å². The number of thiocarbonyl (C=S) groups is 1. The summed E-state index contributed by atoms with van der Waals surface area (Å²) >= 11 is 5.09. The molecule has 102 valence electrons. The van der Waals surface area contributed by atoms with Crippen molar-refractivity contribution in [2.24, 2.45) is 5.10 Å². The van der Waals surface area contributed by atoms with Gasteiger partial charge in [0.25, 0.3) is 0 Å². The van der Waals surface area contributed by atoms with Crippen molar-refractivity contribution >= 4 is 23.5 Å². The van der Waals surface area contributed by atoms with Crippen molar-refractivity contribution in [1.82, 2.24) is 10.7 Å². The highest BCUT2D eigenvalue weighted by Crippen LogP contribution is 1.99. The zero-order chi connectivity index (χ0) is 14.2. The Hall–Kier alpha value is -2.27. The minimum atomic E-state index is -0.268. The van der Waals surface area contributed by atoms with Crippen molar-refractivity contribution in [2.75, 3.05) is 0 Å². The maximum Gasteiger partial charge on any atom is 0.187 e. The first-order chi connectivity index (χ1) is 9.74. The van der Waals surface area contributed by atoms with Crippen molar-refractivity contribution in [1.29, 1.82) is 0 Å². The zero-order valence-corrected chi connectivity index (χ0v) is 11.5. The van der Waals surface area contributed by atoms with E-state index in [0.717, 1.165) is 11.1 Å². The monoisotopic (exact) mass is 287 g/mol. The minimum absolute atomic E-state index is 0.268. The van der Waals surface area contributed by atoms with Crippen LogP contribution in [0.2, 0.25) is 0 Å². The summed E-state index contributed by atoms with van der Waals surface area (Å²) in [5.41, 5.74) is 4.65. The molecule has 0 amide bonds. The summed E-state index contributed by atoms with van der Waals surface area (Å²) in [6.07, 6.45) is 1.58. The molecular formula is C15H14FN3S. The van der Waals surface area contributed by atoms with Crippen LogP contribution in [-0.4, -0.2) is 11.3 Å². The van der Waals surface area contributed by atoms with E-state index in [1.54, 1.807) is 18.3 Å². The molecular weight excluding hydrogens is 273 g/mol. The van der Waals surface area contributed by atoms with Crippen LogP contribution in [0.5, 0.6) is 0 Å². The van der Waals surface area contributed by atoms with E-state index in [-0.39, 0.29) is 5.82 Å². The smallest absolute Gasteiger partial charge is 0.187 e. The molecule has 2 rings (SSSR count). The lowest BCUT2D eigenvalue weighted by Crippen LogP contribution is -2.31. The Kier molecular flexibility index (Phi) is 5.20. The summed E-state index contributed by atoms with van der Waals surface area (Å²) in [4.78, 5) is 0. The molecule has 2 aromatic carbocycles. The summed E-state index contributed by atoms with van der Waals surface area (Å²) in [6.45, 7) is 0.638. The lowest BCUT2D eigenvalue weighted by Gasteiger charge is -2.06. The first-order valence-corrected chi connectivity index (χ1v) is 6.51. The molecule has 0 unspecified atom stereocenters. The molecule has 0 radical (unpaired) electrons. The number of hydrogen-bond acceptors (Lipinski definition) is 2. The second kappa shape index (κ2) is 7.35. The van der Waals surface area contributed by atoms with E-state index in [9.17, 15) is 4.39 Å². The van der Waals surface area contributed by atoms with Crippen LogP contribution in [0.3, 0.4) is 0 Å². The summed E-state index contributed by atoms with van der Waals surface area (Å²) in [6, 6.07) is 16.0. The number of nitrogens with zero attached hydrogens (tertiary/aromatic N) is 1. The molecule has 20 heavy (non-hydrogen) atoms. The Balaban J connectivity index is 1.76. The second-order valence-electron chi connectivity index (χ2n) is 4.09. The van der Waals surface area contributed by atoms with Gasteiger partial charge in [-0.25, -0.2) is 4.39 Å². The molecule has 0 aliphatic rings. The normalized spacial score (nSPS) is 10.4. The molecule has 0 heterocycles. The van der Waals surface area contributed by atoms with Gasteiger partial charge in [-0.1, -0.05) is 42.5 Å². The van der Waals surface area contributed by atoms with Gasteiger partial charge in [0.1, 0.15) is 5.82 Å². The van der Waals surface area contributed by atoms with Crippen LogP contribution in [0, 0.1) is 5.82 Å². The van der Waals surface area contributed by atoms with Gasteiger partial charge in [0, 0.05) is 6.54 Å². The molecule has 0 bridgehead atoms. The number of hydrogen-bond donors (Lipinski definition) is 2. The molecule has 0 fully saturated rings. The number of rotatable bonds is 4. The average Bonchev–Trinajstić information content (AvgIpc) is 2.48. The molecule has 0 aliphatic heterocycles. The van der Waals surface area contributed by atoms with Gasteiger partial charge < -0.3 is 5.32 Å². The van der Waals surface area contributed by atoms with Crippen molar-refractivity contribution in [2.45, 2.75) is 6.54 Å². The van der Waals surface area contributed by atoms with Gasteiger partial charge in [0.2, 0.25) is 0 Å². The van der Waals surface area contributed by atoms with E-state index in [4.69, 9.17) is 12.2 Å². The quantitative estimate of drug-likeness (QED) is 0.516. The predicted octanol–water partition coefficient (Wildman–Crippen LogP) is 2.82.